The number of unbranched alkanes of at least 4 members (excludes halogenated alkanes) is 6. The maximum Gasteiger partial charge on any atom is 0.101 e. The van der Waals surface area contributed by atoms with Gasteiger partial charge in [-0.3, -0.25) is 0 Å². The van der Waals surface area contributed by atoms with E-state index >= 15 is 4.39 Å². The first-order chi connectivity index (χ1) is 24.1. The highest BCUT2D eigenvalue weighted by atomic mass is 19.1. The molecule has 3 heteroatoms. The molecule has 2 nitrogen and oxygen atoms in total. The van der Waals surface area contributed by atoms with E-state index in [9.17, 15) is 0 Å². The SMILES string of the molecule is CCCCCCOC1CCC(CCC2CCC(C3CC(F)CC(C4CCC(CCC5CCC(OCCCCCC)CC5)CC4)C3)CC2)CC1. The van der Waals surface area contributed by atoms with E-state index in [0.717, 1.165) is 61.6 Å². The molecule has 0 bridgehead atoms. The lowest BCUT2D eigenvalue weighted by molar-refractivity contribution is 0.0139. The predicted molar refractivity (Wildman–Crippen MR) is 207 cm³/mol. The lowest BCUT2D eigenvalue weighted by atomic mass is 9.63. The first kappa shape index (κ1) is 40.0. The quantitative estimate of drug-likeness (QED) is 0.119. The van der Waals surface area contributed by atoms with Gasteiger partial charge < -0.3 is 9.47 Å². The minimum absolute atomic E-state index is 0.523. The second-order valence-corrected chi connectivity index (χ2v) is 18.7. The van der Waals surface area contributed by atoms with E-state index in [0.29, 0.717) is 24.0 Å². The molecule has 5 aliphatic rings. The van der Waals surface area contributed by atoms with Crippen LogP contribution in [0.25, 0.3) is 0 Å². The zero-order chi connectivity index (χ0) is 34.1. The fourth-order valence-electron chi connectivity index (χ4n) is 11.7. The van der Waals surface area contributed by atoms with Crippen molar-refractivity contribution in [3.05, 3.63) is 0 Å². The van der Waals surface area contributed by atoms with Gasteiger partial charge in [0.15, 0.2) is 0 Å². The monoisotopic (exact) mass is 687 g/mol. The van der Waals surface area contributed by atoms with Crippen molar-refractivity contribution in [2.75, 3.05) is 13.2 Å². The van der Waals surface area contributed by atoms with Gasteiger partial charge >= 0.3 is 0 Å². The van der Waals surface area contributed by atoms with Crippen LogP contribution in [0.15, 0.2) is 0 Å². The van der Waals surface area contributed by atoms with E-state index < -0.39 is 6.17 Å². The highest BCUT2D eigenvalue weighted by molar-refractivity contribution is 4.90. The Morgan fingerprint density at radius 1 is 0.388 bits per heavy atom. The molecular formula is C46H83FO2. The molecule has 0 aliphatic heterocycles. The van der Waals surface area contributed by atoms with Crippen molar-refractivity contribution in [3.63, 3.8) is 0 Å². The molecule has 5 rings (SSSR count). The van der Waals surface area contributed by atoms with Crippen LogP contribution in [0.2, 0.25) is 0 Å². The molecule has 2 atom stereocenters. The average molecular weight is 687 g/mol. The normalized spacial score (nSPS) is 37.7. The number of hydrogen-bond donors (Lipinski definition) is 0. The third-order valence-electron chi connectivity index (χ3n) is 15.1. The second-order valence-electron chi connectivity index (χ2n) is 18.7. The van der Waals surface area contributed by atoms with Crippen molar-refractivity contribution in [3.8, 4) is 0 Å². The third kappa shape index (κ3) is 14.3. The van der Waals surface area contributed by atoms with Crippen molar-refractivity contribution in [1.82, 2.24) is 0 Å². The zero-order valence-corrected chi connectivity index (χ0v) is 32.9. The van der Waals surface area contributed by atoms with Crippen LogP contribution in [0.5, 0.6) is 0 Å². The van der Waals surface area contributed by atoms with Gasteiger partial charge in [0.1, 0.15) is 6.17 Å². The van der Waals surface area contributed by atoms with Crippen LogP contribution in [-0.4, -0.2) is 31.6 Å². The van der Waals surface area contributed by atoms with Gasteiger partial charge in [0.05, 0.1) is 12.2 Å². The Balaban J connectivity index is 0.906. The summed E-state index contributed by atoms with van der Waals surface area (Å²) in [4.78, 5) is 0. The molecule has 0 saturated heterocycles. The smallest absolute Gasteiger partial charge is 0.101 e. The topological polar surface area (TPSA) is 18.5 Å². The summed E-state index contributed by atoms with van der Waals surface area (Å²) in [5.41, 5.74) is 0. The molecule has 0 aromatic rings. The lowest BCUT2D eigenvalue weighted by Gasteiger charge is -2.43. The van der Waals surface area contributed by atoms with Gasteiger partial charge in [-0.1, -0.05) is 104 Å². The molecule has 2 unspecified atom stereocenters. The Hall–Kier alpha value is -0.150. The van der Waals surface area contributed by atoms with Gasteiger partial charge in [-0.05, 0) is 156 Å². The molecule has 0 aromatic heterocycles. The zero-order valence-electron chi connectivity index (χ0n) is 32.9. The van der Waals surface area contributed by atoms with Crippen LogP contribution < -0.4 is 0 Å². The molecule has 0 N–H and O–H groups in total. The van der Waals surface area contributed by atoms with E-state index in [1.165, 1.54) is 186 Å². The minimum atomic E-state index is -0.523. The number of halogens is 1. The molecule has 49 heavy (non-hydrogen) atoms. The van der Waals surface area contributed by atoms with Crippen molar-refractivity contribution in [2.24, 2.45) is 47.3 Å². The van der Waals surface area contributed by atoms with E-state index in [-0.39, 0.29) is 0 Å². The number of rotatable bonds is 20. The van der Waals surface area contributed by atoms with Crippen molar-refractivity contribution in [1.29, 1.82) is 0 Å². The Morgan fingerprint density at radius 3 is 1.08 bits per heavy atom. The molecule has 0 spiro atoms. The van der Waals surface area contributed by atoms with E-state index in [1.54, 1.807) is 0 Å². The molecule has 0 radical (unpaired) electrons. The first-order valence-electron chi connectivity index (χ1n) is 23.0. The van der Waals surface area contributed by atoms with Crippen molar-refractivity contribution < 1.29 is 13.9 Å². The minimum Gasteiger partial charge on any atom is -0.378 e. The van der Waals surface area contributed by atoms with Gasteiger partial charge in [0.2, 0.25) is 0 Å². The third-order valence-corrected chi connectivity index (χ3v) is 15.1. The van der Waals surface area contributed by atoms with Gasteiger partial charge in [-0.15, -0.1) is 0 Å². The highest BCUT2D eigenvalue weighted by Crippen LogP contribution is 2.48. The van der Waals surface area contributed by atoms with E-state index in [4.69, 9.17) is 9.47 Å². The molecular weight excluding hydrogens is 604 g/mol. The summed E-state index contributed by atoms with van der Waals surface area (Å²) in [5.74, 6) is 6.79. The summed E-state index contributed by atoms with van der Waals surface area (Å²) in [6, 6.07) is 0. The maximum absolute atomic E-state index is 15.3. The summed E-state index contributed by atoms with van der Waals surface area (Å²) in [6.07, 6.45) is 42.1. The summed E-state index contributed by atoms with van der Waals surface area (Å²) >= 11 is 0. The average Bonchev–Trinajstić information content (AvgIpc) is 3.14. The summed E-state index contributed by atoms with van der Waals surface area (Å²) < 4.78 is 27.7. The van der Waals surface area contributed by atoms with Gasteiger partial charge in [-0.2, -0.15) is 0 Å². The highest BCUT2D eigenvalue weighted by Gasteiger charge is 2.39. The van der Waals surface area contributed by atoms with Crippen LogP contribution in [0.3, 0.4) is 0 Å². The van der Waals surface area contributed by atoms with Crippen LogP contribution in [0.4, 0.5) is 4.39 Å². The van der Waals surface area contributed by atoms with E-state index in [2.05, 4.69) is 13.8 Å². The summed E-state index contributed by atoms with van der Waals surface area (Å²) in [5, 5.41) is 0. The van der Waals surface area contributed by atoms with Crippen molar-refractivity contribution >= 4 is 0 Å². The summed E-state index contributed by atoms with van der Waals surface area (Å²) in [7, 11) is 0. The molecule has 5 fully saturated rings. The molecule has 0 aromatic carbocycles. The van der Waals surface area contributed by atoms with Crippen LogP contribution >= 0.6 is 0 Å². The Bertz CT molecular complexity index is 749. The number of alkyl halides is 1. The van der Waals surface area contributed by atoms with Gasteiger partial charge in [0.25, 0.3) is 0 Å². The predicted octanol–water partition coefficient (Wildman–Crippen LogP) is 14.2. The fraction of sp³-hybridized carbons (Fsp3) is 1.00. The van der Waals surface area contributed by atoms with Gasteiger partial charge in [-0.25, -0.2) is 4.39 Å². The van der Waals surface area contributed by atoms with Crippen LogP contribution in [0.1, 0.15) is 213 Å². The van der Waals surface area contributed by atoms with Crippen molar-refractivity contribution in [2.45, 2.75) is 231 Å². The number of ether oxygens (including phenoxy) is 2. The second kappa shape index (κ2) is 22.8. The molecule has 5 aliphatic carbocycles. The standard InChI is InChI=1S/C46H83FO2/c1-3-5-7-9-31-48-45-27-19-38(20-28-45)13-11-36-15-23-40(24-16-36)42-33-43(35-44(47)34-42)41-25-17-37(18-26-41)12-14-39-21-29-46(30-22-39)49-32-10-8-6-4-2/h36-46H,3-35H2,1-2H3. The fourth-order valence-corrected chi connectivity index (χ4v) is 11.7. The molecule has 5 saturated carbocycles. The number of hydrogen-bond acceptors (Lipinski definition) is 2. The van der Waals surface area contributed by atoms with Gasteiger partial charge in [0, 0.05) is 13.2 Å². The molecule has 0 amide bonds. The molecule has 0 heterocycles. The maximum atomic E-state index is 15.3. The Labute approximate surface area is 305 Å². The summed E-state index contributed by atoms with van der Waals surface area (Å²) in [6.45, 7) is 6.54. The van der Waals surface area contributed by atoms with Crippen LogP contribution in [-0.2, 0) is 9.47 Å². The Morgan fingerprint density at radius 2 is 0.735 bits per heavy atom. The first-order valence-corrected chi connectivity index (χ1v) is 23.0. The van der Waals surface area contributed by atoms with E-state index in [1.807, 2.05) is 0 Å². The largest absolute Gasteiger partial charge is 0.378 e. The van der Waals surface area contributed by atoms with Crippen LogP contribution in [0, 0.1) is 47.3 Å². The Kier molecular flexibility index (Phi) is 18.6. The molecule has 286 valence electrons. The lowest BCUT2D eigenvalue weighted by Crippen LogP contribution is -2.35.